The Balaban J connectivity index is 1.44. The molecule has 29 heavy (non-hydrogen) atoms. The number of halogens is 4. The Kier molecular flexibility index (Phi) is 5.95. The first kappa shape index (κ1) is 20.4. The van der Waals surface area contributed by atoms with E-state index in [-0.39, 0.29) is 11.1 Å². The van der Waals surface area contributed by atoms with E-state index in [4.69, 9.17) is 5.73 Å². The van der Waals surface area contributed by atoms with E-state index in [1.807, 2.05) is 6.07 Å². The minimum Gasteiger partial charge on any atom is -0.328 e. The molecule has 2 saturated carbocycles. The number of benzene rings is 2. The summed E-state index contributed by atoms with van der Waals surface area (Å²) in [5.74, 6) is -2.87. The fourth-order valence-electron chi connectivity index (χ4n) is 5.27. The predicted octanol–water partition coefficient (Wildman–Crippen LogP) is 6.70. The van der Waals surface area contributed by atoms with E-state index < -0.39 is 23.3 Å². The monoisotopic (exact) mass is 405 g/mol. The fraction of sp³-hybridized carbons (Fsp3) is 0.500. The van der Waals surface area contributed by atoms with Gasteiger partial charge in [-0.2, -0.15) is 0 Å². The van der Waals surface area contributed by atoms with Crippen molar-refractivity contribution < 1.29 is 17.6 Å². The van der Waals surface area contributed by atoms with Crippen LogP contribution in [0.4, 0.5) is 17.6 Å². The molecule has 0 spiro atoms. The van der Waals surface area contributed by atoms with Crippen LogP contribution >= 0.6 is 0 Å². The van der Waals surface area contributed by atoms with Crippen LogP contribution in [0.15, 0.2) is 30.3 Å². The molecule has 2 aliphatic carbocycles. The lowest BCUT2D eigenvalue weighted by molar-refractivity contribution is 0.177. The molecule has 156 valence electrons. The van der Waals surface area contributed by atoms with Crippen LogP contribution in [0.3, 0.4) is 0 Å². The molecule has 1 nitrogen and oxygen atoms in total. The average Bonchev–Trinajstić information content (AvgIpc) is 2.72. The molecule has 0 aliphatic heterocycles. The van der Waals surface area contributed by atoms with Crippen molar-refractivity contribution in [1.82, 2.24) is 0 Å². The topological polar surface area (TPSA) is 26.0 Å². The van der Waals surface area contributed by atoms with Gasteiger partial charge < -0.3 is 5.73 Å². The second-order valence-corrected chi connectivity index (χ2v) is 8.78. The molecule has 2 aliphatic rings. The van der Waals surface area contributed by atoms with E-state index in [0.717, 1.165) is 68.1 Å². The first-order chi connectivity index (χ1) is 13.9. The van der Waals surface area contributed by atoms with Crippen molar-refractivity contribution in [2.75, 3.05) is 0 Å². The molecule has 0 amide bonds. The highest BCUT2D eigenvalue weighted by molar-refractivity contribution is 5.65. The summed E-state index contributed by atoms with van der Waals surface area (Å²) in [5, 5.41) is 0. The lowest BCUT2D eigenvalue weighted by atomic mass is 9.69. The molecule has 2 fully saturated rings. The van der Waals surface area contributed by atoms with Gasteiger partial charge in [0.05, 0.1) is 0 Å². The molecular weight excluding hydrogens is 378 g/mol. The van der Waals surface area contributed by atoms with Gasteiger partial charge in [0.25, 0.3) is 0 Å². The molecule has 0 aromatic heterocycles. The quantitative estimate of drug-likeness (QED) is 0.446. The summed E-state index contributed by atoms with van der Waals surface area (Å²) >= 11 is 0. The molecular formula is C24H27F4N. The van der Waals surface area contributed by atoms with Crippen LogP contribution in [-0.4, -0.2) is 6.04 Å². The van der Waals surface area contributed by atoms with Crippen LogP contribution < -0.4 is 5.73 Å². The van der Waals surface area contributed by atoms with Crippen molar-refractivity contribution in [3.63, 3.8) is 0 Å². The molecule has 0 saturated heterocycles. The Morgan fingerprint density at radius 1 is 0.655 bits per heavy atom. The number of rotatable bonds is 3. The summed E-state index contributed by atoms with van der Waals surface area (Å²) in [4.78, 5) is 0. The third-order valence-corrected chi connectivity index (χ3v) is 7.01. The molecule has 0 unspecified atom stereocenters. The minimum atomic E-state index is -1.54. The van der Waals surface area contributed by atoms with Crippen LogP contribution in [0.5, 0.6) is 0 Å². The van der Waals surface area contributed by atoms with Crippen LogP contribution in [0, 0.1) is 35.1 Å². The molecule has 2 aromatic carbocycles. The van der Waals surface area contributed by atoms with Crippen molar-refractivity contribution in [3.8, 4) is 11.1 Å². The summed E-state index contributed by atoms with van der Waals surface area (Å²) in [6.45, 7) is 0. The Labute approximate surface area is 169 Å². The van der Waals surface area contributed by atoms with Crippen molar-refractivity contribution in [2.45, 2.75) is 63.3 Å². The maximum atomic E-state index is 14.7. The lowest BCUT2D eigenvalue weighted by Gasteiger charge is -2.37. The number of hydrogen-bond donors (Lipinski definition) is 1. The SMILES string of the molecule is NC1CCC(C2CCC(c3ccc(-c4cc(F)c(F)c(F)c4)c(F)c3)CC2)CC1. The maximum absolute atomic E-state index is 14.7. The summed E-state index contributed by atoms with van der Waals surface area (Å²) in [6, 6.07) is 6.88. The lowest BCUT2D eigenvalue weighted by Crippen LogP contribution is -2.31. The van der Waals surface area contributed by atoms with Gasteiger partial charge in [0.2, 0.25) is 0 Å². The summed E-state index contributed by atoms with van der Waals surface area (Å²) in [6.07, 6.45) is 9.08. The second-order valence-electron chi connectivity index (χ2n) is 8.78. The maximum Gasteiger partial charge on any atom is 0.194 e. The Hall–Kier alpha value is -1.88. The molecule has 0 bridgehead atoms. The molecule has 0 heterocycles. The van der Waals surface area contributed by atoms with Gasteiger partial charge in [0.15, 0.2) is 17.5 Å². The van der Waals surface area contributed by atoms with E-state index in [1.54, 1.807) is 6.07 Å². The third-order valence-electron chi connectivity index (χ3n) is 7.01. The van der Waals surface area contributed by atoms with Gasteiger partial charge in [-0.15, -0.1) is 0 Å². The van der Waals surface area contributed by atoms with Crippen LogP contribution in [0.1, 0.15) is 62.8 Å². The van der Waals surface area contributed by atoms with Gasteiger partial charge >= 0.3 is 0 Å². The smallest absolute Gasteiger partial charge is 0.194 e. The molecule has 5 heteroatoms. The number of hydrogen-bond acceptors (Lipinski definition) is 1. The van der Waals surface area contributed by atoms with Gasteiger partial charge in [0, 0.05) is 11.6 Å². The van der Waals surface area contributed by atoms with Gasteiger partial charge in [-0.05, 0) is 98.4 Å². The van der Waals surface area contributed by atoms with E-state index in [0.29, 0.717) is 12.0 Å². The van der Waals surface area contributed by atoms with Crippen molar-refractivity contribution in [1.29, 1.82) is 0 Å². The summed E-state index contributed by atoms with van der Waals surface area (Å²) < 4.78 is 54.9. The third kappa shape index (κ3) is 4.35. The zero-order chi connectivity index (χ0) is 20.5. The molecule has 0 atom stereocenters. The standard InChI is InChI=1S/C24H27F4N/c25-21-11-17(7-10-20(21)18-12-22(26)24(28)23(27)13-18)16-3-1-14(2-4-16)15-5-8-19(29)9-6-15/h7,10-16,19H,1-6,8-9,29H2. The molecule has 2 N–H and O–H groups in total. The highest BCUT2D eigenvalue weighted by Crippen LogP contribution is 2.43. The predicted molar refractivity (Wildman–Crippen MR) is 106 cm³/mol. The van der Waals surface area contributed by atoms with Gasteiger partial charge in [-0.1, -0.05) is 12.1 Å². The van der Waals surface area contributed by atoms with Crippen LogP contribution in [0.25, 0.3) is 11.1 Å². The van der Waals surface area contributed by atoms with Gasteiger partial charge in [-0.25, -0.2) is 17.6 Å². The highest BCUT2D eigenvalue weighted by atomic mass is 19.2. The highest BCUT2D eigenvalue weighted by Gasteiger charge is 2.30. The molecule has 4 rings (SSSR count). The van der Waals surface area contributed by atoms with E-state index in [9.17, 15) is 17.6 Å². The average molecular weight is 405 g/mol. The second kappa shape index (κ2) is 8.47. The van der Waals surface area contributed by atoms with Gasteiger partial charge in [-0.3, -0.25) is 0 Å². The first-order valence-electron chi connectivity index (χ1n) is 10.6. The number of nitrogens with two attached hydrogens (primary N) is 1. The van der Waals surface area contributed by atoms with E-state index in [2.05, 4.69) is 0 Å². The van der Waals surface area contributed by atoms with Crippen LogP contribution in [0.2, 0.25) is 0 Å². The molecule has 2 aromatic rings. The Morgan fingerprint density at radius 2 is 1.21 bits per heavy atom. The van der Waals surface area contributed by atoms with Crippen LogP contribution in [-0.2, 0) is 0 Å². The van der Waals surface area contributed by atoms with Gasteiger partial charge in [0.1, 0.15) is 5.82 Å². The summed E-state index contributed by atoms with van der Waals surface area (Å²) in [5.41, 5.74) is 7.04. The zero-order valence-electron chi connectivity index (χ0n) is 16.4. The fourth-order valence-corrected chi connectivity index (χ4v) is 5.27. The van der Waals surface area contributed by atoms with E-state index >= 15 is 0 Å². The Bertz CT molecular complexity index is 842. The molecule has 0 radical (unpaired) electrons. The van der Waals surface area contributed by atoms with E-state index in [1.165, 1.54) is 18.9 Å². The van der Waals surface area contributed by atoms with Crippen molar-refractivity contribution in [3.05, 3.63) is 59.2 Å². The first-order valence-corrected chi connectivity index (χ1v) is 10.6. The summed E-state index contributed by atoms with van der Waals surface area (Å²) in [7, 11) is 0. The largest absolute Gasteiger partial charge is 0.328 e. The normalized spacial score (nSPS) is 27.8. The Morgan fingerprint density at radius 3 is 1.76 bits per heavy atom. The van der Waals surface area contributed by atoms with Crippen molar-refractivity contribution in [2.24, 2.45) is 17.6 Å². The van der Waals surface area contributed by atoms with Crippen molar-refractivity contribution >= 4 is 0 Å². The minimum absolute atomic E-state index is 0.00432. The zero-order valence-corrected chi connectivity index (χ0v) is 16.4.